The first-order chi connectivity index (χ1) is 9.14. The van der Waals surface area contributed by atoms with E-state index in [2.05, 4.69) is 18.9 Å². The van der Waals surface area contributed by atoms with E-state index in [0.717, 1.165) is 25.1 Å². The molecule has 0 bridgehead atoms. The van der Waals surface area contributed by atoms with Crippen LogP contribution < -0.4 is 0 Å². The lowest BCUT2D eigenvalue weighted by atomic mass is 10.2. The van der Waals surface area contributed by atoms with Crippen molar-refractivity contribution in [3.05, 3.63) is 18.0 Å². The summed E-state index contributed by atoms with van der Waals surface area (Å²) in [6.45, 7) is 8.16. The standard InChI is InChI=1S/C14H25N3O2/c1-5-13(6-2)17-9-8-12(15-17)10-16(7-3)11-14(18)19-4/h8-9,13H,5-7,10-11H2,1-4H3. The Kier molecular flexibility index (Phi) is 6.56. The van der Waals surface area contributed by atoms with Gasteiger partial charge in [0.25, 0.3) is 0 Å². The Balaban J connectivity index is 2.63. The smallest absolute Gasteiger partial charge is 0.319 e. The summed E-state index contributed by atoms with van der Waals surface area (Å²) < 4.78 is 6.72. The van der Waals surface area contributed by atoms with Crippen LogP contribution in [0.3, 0.4) is 0 Å². The van der Waals surface area contributed by atoms with Crippen molar-refractivity contribution in [3.8, 4) is 0 Å². The third kappa shape index (κ3) is 4.67. The Morgan fingerprint density at radius 2 is 2.11 bits per heavy atom. The van der Waals surface area contributed by atoms with Crippen molar-refractivity contribution in [2.45, 2.75) is 46.2 Å². The van der Waals surface area contributed by atoms with Crippen LogP contribution in [-0.4, -0.2) is 40.8 Å². The number of aromatic nitrogens is 2. The third-order valence-corrected chi connectivity index (χ3v) is 3.39. The second kappa shape index (κ2) is 7.94. The van der Waals surface area contributed by atoms with Crippen molar-refractivity contribution in [2.24, 2.45) is 0 Å². The van der Waals surface area contributed by atoms with Crippen molar-refractivity contribution in [1.29, 1.82) is 0 Å². The number of carbonyl (C=O) groups is 1. The molecule has 0 spiro atoms. The first-order valence-electron chi connectivity index (χ1n) is 6.97. The lowest BCUT2D eigenvalue weighted by molar-refractivity contribution is -0.142. The molecule has 0 unspecified atom stereocenters. The quantitative estimate of drug-likeness (QED) is 0.678. The highest BCUT2D eigenvalue weighted by atomic mass is 16.5. The second-order valence-corrected chi connectivity index (χ2v) is 4.64. The number of likely N-dealkylation sites (N-methyl/N-ethyl adjacent to an activating group) is 1. The van der Waals surface area contributed by atoms with E-state index in [1.165, 1.54) is 7.11 Å². The minimum absolute atomic E-state index is 0.207. The minimum Gasteiger partial charge on any atom is -0.468 e. The molecule has 19 heavy (non-hydrogen) atoms. The fourth-order valence-electron chi connectivity index (χ4n) is 2.08. The van der Waals surface area contributed by atoms with Gasteiger partial charge in [-0.15, -0.1) is 0 Å². The maximum Gasteiger partial charge on any atom is 0.319 e. The average molecular weight is 267 g/mol. The molecular weight excluding hydrogens is 242 g/mol. The van der Waals surface area contributed by atoms with Gasteiger partial charge in [0.15, 0.2) is 0 Å². The maximum atomic E-state index is 11.3. The van der Waals surface area contributed by atoms with Gasteiger partial charge in [0.1, 0.15) is 0 Å². The number of rotatable bonds is 8. The van der Waals surface area contributed by atoms with Crippen molar-refractivity contribution in [3.63, 3.8) is 0 Å². The molecule has 5 nitrogen and oxygen atoms in total. The molecule has 0 aromatic carbocycles. The third-order valence-electron chi connectivity index (χ3n) is 3.39. The van der Waals surface area contributed by atoms with Crippen LogP contribution in [-0.2, 0) is 16.1 Å². The van der Waals surface area contributed by atoms with E-state index < -0.39 is 0 Å². The largest absolute Gasteiger partial charge is 0.468 e. The molecule has 108 valence electrons. The SMILES string of the molecule is CCC(CC)n1ccc(CN(CC)CC(=O)OC)n1. The van der Waals surface area contributed by atoms with Crippen LogP contribution in [0.5, 0.6) is 0 Å². The first kappa shape index (κ1) is 15.7. The molecule has 0 amide bonds. The van der Waals surface area contributed by atoms with Gasteiger partial charge >= 0.3 is 5.97 Å². The molecule has 0 radical (unpaired) electrons. The lowest BCUT2D eigenvalue weighted by Gasteiger charge is -2.17. The molecule has 0 aliphatic heterocycles. The fourth-order valence-corrected chi connectivity index (χ4v) is 2.08. The van der Waals surface area contributed by atoms with Crippen molar-refractivity contribution < 1.29 is 9.53 Å². The van der Waals surface area contributed by atoms with Gasteiger partial charge in [0.2, 0.25) is 0 Å². The van der Waals surface area contributed by atoms with Gasteiger partial charge in [-0.3, -0.25) is 14.4 Å². The van der Waals surface area contributed by atoms with E-state index in [9.17, 15) is 4.79 Å². The number of esters is 1. The Hall–Kier alpha value is -1.36. The predicted octanol–water partition coefficient (Wildman–Crippen LogP) is 2.24. The molecule has 0 saturated heterocycles. The molecule has 1 aromatic rings. The van der Waals surface area contributed by atoms with Crippen LogP contribution in [0.4, 0.5) is 0 Å². The number of hydrogen-bond donors (Lipinski definition) is 0. The van der Waals surface area contributed by atoms with Crippen LogP contribution >= 0.6 is 0 Å². The minimum atomic E-state index is -0.207. The van der Waals surface area contributed by atoms with Crippen LogP contribution in [0.25, 0.3) is 0 Å². The first-order valence-corrected chi connectivity index (χ1v) is 6.97. The highest BCUT2D eigenvalue weighted by Gasteiger charge is 2.13. The summed E-state index contributed by atoms with van der Waals surface area (Å²) in [5, 5.41) is 4.60. The van der Waals surface area contributed by atoms with Crippen molar-refractivity contribution in [2.75, 3.05) is 20.2 Å². The summed E-state index contributed by atoms with van der Waals surface area (Å²) in [7, 11) is 1.41. The fraction of sp³-hybridized carbons (Fsp3) is 0.714. The number of methoxy groups -OCH3 is 1. The Labute approximate surface area is 115 Å². The van der Waals surface area contributed by atoms with Crippen LogP contribution in [0.15, 0.2) is 12.3 Å². The van der Waals surface area contributed by atoms with Crippen molar-refractivity contribution >= 4 is 5.97 Å². The molecule has 0 atom stereocenters. The molecule has 0 fully saturated rings. The predicted molar refractivity (Wildman–Crippen MR) is 74.8 cm³/mol. The van der Waals surface area contributed by atoms with Gasteiger partial charge in [-0.1, -0.05) is 20.8 Å². The van der Waals surface area contributed by atoms with E-state index in [0.29, 0.717) is 19.1 Å². The molecule has 1 rings (SSSR count). The van der Waals surface area contributed by atoms with E-state index in [1.807, 2.05) is 28.8 Å². The Morgan fingerprint density at radius 1 is 1.42 bits per heavy atom. The molecule has 1 heterocycles. The molecule has 1 aromatic heterocycles. The van der Waals surface area contributed by atoms with Gasteiger partial charge in [0, 0.05) is 12.7 Å². The normalized spacial score (nSPS) is 11.3. The van der Waals surface area contributed by atoms with Crippen LogP contribution in [0.1, 0.15) is 45.3 Å². The number of carbonyl (C=O) groups excluding carboxylic acids is 1. The Morgan fingerprint density at radius 3 is 2.63 bits per heavy atom. The van der Waals surface area contributed by atoms with Gasteiger partial charge < -0.3 is 4.74 Å². The molecule has 0 saturated carbocycles. The number of nitrogens with zero attached hydrogens (tertiary/aromatic N) is 3. The zero-order chi connectivity index (χ0) is 14.3. The van der Waals surface area contributed by atoms with Crippen LogP contribution in [0.2, 0.25) is 0 Å². The topological polar surface area (TPSA) is 47.4 Å². The summed E-state index contributed by atoms with van der Waals surface area (Å²) in [5.74, 6) is -0.207. The highest BCUT2D eigenvalue weighted by molar-refractivity contribution is 5.71. The summed E-state index contributed by atoms with van der Waals surface area (Å²) in [5.41, 5.74) is 0.998. The van der Waals surface area contributed by atoms with Gasteiger partial charge in [0.05, 0.1) is 25.4 Å². The molecule has 0 aliphatic rings. The van der Waals surface area contributed by atoms with Crippen molar-refractivity contribution in [1.82, 2.24) is 14.7 Å². The van der Waals surface area contributed by atoms with E-state index in [1.54, 1.807) is 0 Å². The van der Waals surface area contributed by atoms with Gasteiger partial charge in [-0.05, 0) is 25.5 Å². The van der Waals surface area contributed by atoms with Crippen LogP contribution in [0, 0.1) is 0 Å². The monoisotopic (exact) mass is 267 g/mol. The van der Waals surface area contributed by atoms with Gasteiger partial charge in [-0.2, -0.15) is 5.10 Å². The summed E-state index contributed by atoms with van der Waals surface area (Å²) in [6.07, 6.45) is 4.19. The highest BCUT2D eigenvalue weighted by Crippen LogP contribution is 2.15. The molecule has 0 N–H and O–H groups in total. The maximum absolute atomic E-state index is 11.3. The lowest BCUT2D eigenvalue weighted by Crippen LogP contribution is -2.30. The zero-order valence-electron chi connectivity index (χ0n) is 12.4. The molecule has 5 heteroatoms. The van der Waals surface area contributed by atoms with E-state index >= 15 is 0 Å². The Bertz CT molecular complexity index is 386. The number of hydrogen-bond acceptors (Lipinski definition) is 4. The molecule has 0 aliphatic carbocycles. The zero-order valence-corrected chi connectivity index (χ0v) is 12.4. The van der Waals surface area contributed by atoms with E-state index in [4.69, 9.17) is 4.74 Å². The molecular formula is C14H25N3O2. The summed E-state index contributed by atoms with van der Waals surface area (Å²) in [6, 6.07) is 2.49. The number of ether oxygens (including phenoxy) is 1. The van der Waals surface area contributed by atoms with E-state index in [-0.39, 0.29) is 5.97 Å². The summed E-state index contributed by atoms with van der Waals surface area (Å²) >= 11 is 0. The average Bonchev–Trinajstić information content (AvgIpc) is 2.87. The summed E-state index contributed by atoms with van der Waals surface area (Å²) in [4.78, 5) is 13.3. The van der Waals surface area contributed by atoms with Gasteiger partial charge in [-0.25, -0.2) is 0 Å². The second-order valence-electron chi connectivity index (χ2n) is 4.64.